The van der Waals surface area contributed by atoms with Crippen LogP contribution in [0.3, 0.4) is 0 Å². The quantitative estimate of drug-likeness (QED) is 0.745. The van der Waals surface area contributed by atoms with Crippen molar-refractivity contribution in [1.82, 2.24) is 0 Å². The molecule has 1 rings (SSSR count). The molecule has 0 aromatic heterocycles. The Morgan fingerprint density at radius 3 is 2.43 bits per heavy atom. The van der Waals surface area contributed by atoms with E-state index in [4.69, 9.17) is 0 Å². The zero-order valence-electron chi connectivity index (χ0n) is 7.84. The second-order valence-corrected chi connectivity index (χ2v) is 3.08. The summed E-state index contributed by atoms with van der Waals surface area (Å²) in [6, 6.07) is 2.22. The van der Waals surface area contributed by atoms with Crippen LogP contribution in [-0.4, -0.2) is 10.9 Å². The Hall–Kier alpha value is -1.45. The summed E-state index contributed by atoms with van der Waals surface area (Å²) in [6.07, 6.45) is -2.70. The van der Waals surface area contributed by atoms with Crippen LogP contribution in [0.2, 0.25) is 0 Å². The lowest BCUT2D eigenvalue weighted by Crippen LogP contribution is -2.00. The molecule has 4 heteroatoms. The number of phenols is 1. The normalized spacial score (nSPS) is 10.6. The van der Waals surface area contributed by atoms with Gasteiger partial charge in [0.15, 0.2) is 5.78 Å². The number of benzene rings is 1. The fourth-order valence-corrected chi connectivity index (χ4v) is 1.20. The summed E-state index contributed by atoms with van der Waals surface area (Å²) in [5.74, 6) is -0.616. The molecule has 0 aliphatic heterocycles. The Bertz CT molecular complexity index is 373. The van der Waals surface area contributed by atoms with Gasteiger partial charge in [-0.15, -0.1) is 0 Å². The number of carbonyl (C=O) groups excluding carboxylic acids is 1. The van der Waals surface area contributed by atoms with E-state index in [1.807, 2.05) is 0 Å². The van der Waals surface area contributed by atoms with Gasteiger partial charge in [-0.1, -0.05) is 0 Å². The van der Waals surface area contributed by atoms with Gasteiger partial charge < -0.3 is 5.11 Å². The van der Waals surface area contributed by atoms with Crippen LogP contribution in [0.15, 0.2) is 12.1 Å². The summed E-state index contributed by atoms with van der Waals surface area (Å²) >= 11 is 0. The van der Waals surface area contributed by atoms with Crippen molar-refractivity contribution in [2.24, 2.45) is 0 Å². The molecular weight excluding hydrogens is 190 g/mol. The molecule has 0 aliphatic carbocycles. The standard InChI is InChI=1S/C10H10F2O2/c1-5-3-8(10(11)12)7(6(2)13)4-9(5)14/h3-4,10,14H,1-2H3. The third-order valence-corrected chi connectivity index (χ3v) is 1.98. The molecule has 0 fully saturated rings. The molecule has 0 heterocycles. The van der Waals surface area contributed by atoms with Gasteiger partial charge in [0.2, 0.25) is 0 Å². The van der Waals surface area contributed by atoms with Crippen LogP contribution in [0.1, 0.15) is 34.8 Å². The van der Waals surface area contributed by atoms with Gasteiger partial charge in [-0.2, -0.15) is 0 Å². The number of phenolic OH excluding ortho intramolecular Hbond substituents is 1. The zero-order chi connectivity index (χ0) is 10.9. The van der Waals surface area contributed by atoms with Crippen molar-refractivity contribution in [2.45, 2.75) is 20.3 Å². The molecule has 2 nitrogen and oxygen atoms in total. The highest BCUT2D eigenvalue weighted by Gasteiger charge is 2.17. The molecule has 0 saturated heterocycles. The number of carbonyl (C=O) groups is 1. The van der Waals surface area contributed by atoms with Crippen molar-refractivity contribution in [3.63, 3.8) is 0 Å². The Balaban J connectivity index is 3.39. The zero-order valence-corrected chi connectivity index (χ0v) is 7.84. The number of ketones is 1. The molecule has 0 radical (unpaired) electrons. The van der Waals surface area contributed by atoms with E-state index in [2.05, 4.69) is 0 Å². The van der Waals surface area contributed by atoms with Crippen molar-refractivity contribution in [3.8, 4) is 5.75 Å². The summed E-state index contributed by atoms with van der Waals surface area (Å²) in [5.41, 5.74) is -0.110. The molecule has 14 heavy (non-hydrogen) atoms. The Labute approximate surface area is 80.2 Å². The van der Waals surface area contributed by atoms with Gasteiger partial charge in [0, 0.05) is 11.1 Å². The maximum Gasteiger partial charge on any atom is 0.264 e. The average molecular weight is 200 g/mol. The van der Waals surface area contributed by atoms with E-state index in [1.165, 1.54) is 13.8 Å². The first-order valence-corrected chi connectivity index (χ1v) is 4.06. The predicted octanol–water partition coefficient (Wildman–Crippen LogP) is 2.84. The van der Waals surface area contributed by atoms with E-state index in [9.17, 15) is 18.7 Å². The van der Waals surface area contributed by atoms with Crippen molar-refractivity contribution >= 4 is 5.78 Å². The molecular formula is C10H10F2O2. The first-order chi connectivity index (χ1) is 6.43. The molecule has 1 aromatic rings. The Kier molecular flexibility index (Phi) is 2.84. The number of hydrogen-bond acceptors (Lipinski definition) is 2. The molecule has 0 saturated carbocycles. The van der Waals surface area contributed by atoms with Crippen LogP contribution >= 0.6 is 0 Å². The van der Waals surface area contributed by atoms with Crippen LogP contribution in [0.5, 0.6) is 5.75 Å². The van der Waals surface area contributed by atoms with Gasteiger partial charge in [0.05, 0.1) is 0 Å². The topological polar surface area (TPSA) is 37.3 Å². The first-order valence-electron chi connectivity index (χ1n) is 4.06. The Morgan fingerprint density at radius 2 is 2.00 bits per heavy atom. The highest BCUT2D eigenvalue weighted by Crippen LogP contribution is 2.29. The van der Waals surface area contributed by atoms with Gasteiger partial charge in [0.25, 0.3) is 6.43 Å². The average Bonchev–Trinajstić information content (AvgIpc) is 2.08. The van der Waals surface area contributed by atoms with Crippen molar-refractivity contribution in [1.29, 1.82) is 0 Å². The summed E-state index contributed by atoms with van der Waals surface area (Å²) in [7, 11) is 0. The summed E-state index contributed by atoms with van der Waals surface area (Å²) in [6.45, 7) is 2.70. The second-order valence-electron chi connectivity index (χ2n) is 3.08. The first kappa shape index (κ1) is 10.6. The largest absolute Gasteiger partial charge is 0.508 e. The summed E-state index contributed by atoms with van der Waals surface area (Å²) in [4.78, 5) is 11.0. The number of aromatic hydroxyl groups is 1. The highest BCUT2D eigenvalue weighted by atomic mass is 19.3. The van der Waals surface area contributed by atoms with Crippen LogP contribution in [-0.2, 0) is 0 Å². The van der Waals surface area contributed by atoms with Crippen molar-refractivity contribution in [2.75, 3.05) is 0 Å². The number of halogens is 2. The van der Waals surface area contributed by atoms with Crippen LogP contribution in [0.4, 0.5) is 8.78 Å². The number of hydrogen-bond donors (Lipinski definition) is 1. The molecule has 0 aliphatic rings. The van der Waals surface area contributed by atoms with Crippen molar-refractivity contribution in [3.05, 3.63) is 28.8 Å². The number of Topliss-reactive ketones (excluding diaryl/α,β-unsaturated/α-hetero) is 1. The predicted molar refractivity (Wildman–Crippen MR) is 47.8 cm³/mol. The maximum absolute atomic E-state index is 12.5. The van der Waals surface area contributed by atoms with E-state index in [0.717, 1.165) is 12.1 Å². The van der Waals surface area contributed by atoms with Crippen LogP contribution in [0.25, 0.3) is 0 Å². The van der Waals surface area contributed by atoms with Crippen LogP contribution in [0, 0.1) is 6.92 Å². The fraction of sp³-hybridized carbons (Fsp3) is 0.300. The lowest BCUT2D eigenvalue weighted by Gasteiger charge is -2.08. The van der Waals surface area contributed by atoms with E-state index in [-0.39, 0.29) is 16.9 Å². The molecule has 0 unspecified atom stereocenters. The minimum atomic E-state index is -2.70. The minimum Gasteiger partial charge on any atom is -0.508 e. The summed E-state index contributed by atoms with van der Waals surface area (Å²) < 4.78 is 24.9. The lowest BCUT2D eigenvalue weighted by atomic mass is 10.0. The molecule has 76 valence electrons. The third kappa shape index (κ3) is 1.89. The van der Waals surface area contributed by atoms with Gasteiger partial charge in [-0.3, -0.25) is 4.79 Å². The molecule has 0 spiro atoms. The molecule has 1 aromatic carbocycles. The fourth-order valence-electron chi connectivity index (χ4n) is 1.20. The van der Waals surface area contributed by atoms with E-state index in [0.29, 0.717) is 5.56 Å². The maximum atomic E-state index is 12.5. The monoisotopic (exact) mass is 200 g/mol. The second kappa shape index (κ2) is 3.74. The van der Waals surface area contributed by atoms with Gasteiger partial charge in [-0.05, 0) is 31.5 Å². The SMILES string of the molecule is CC(=O)c1cc(O)c(C)cc1C(F)F. The van der Waals surface area contributed by atoms with E-state index < -0.39 is 12.2 Å². The van der Waals surface area contributed by atoms with Gasteiger partial charge in [-0.25, -0.2) is 8.78 Å². The third-order valence-electron chi connectivity index (χ3n) is 1.98. The van der Waals surface area contributed by atoms with Crippen LogP contribution < -0.4 is 0 Å². The molecule has 0 bridgehead atoms. The lowest BCUT2D eigenvalue weighted by molar-refractivity contribution is 0.0998. The molecule has 0 amide bonds. The van der Waals surface area contributed by atoms with E-state index in [1.54, 1.807) is 0 Å². The van der Waals surface area contributed by atoms with Crippen molar-refractivity contribution < 1.29 is 18.7 Å². The molecule has 0 atom stereocenters. The smallest absolute Gasteiger partial charge is 0.264 e. The van der Waals surface area contributed by atoms with E-state index >= 15 is 0 Å². The highest BCUT2D eigenvalue weighted by molar-refractivity contribution is 5.96. The summed E-state index contributed by atoms with van der Waals surface area (Å²) in [5, 5.41) is 9.26. The Morgan fingerprint density at radius 1 is 1.43 bits per heavy atom. The number of rotatable bonds is 2. The van der Waals surface area contributed by atoms with Gasteiger partial charge in [0.1, 0.15) is 5.75 Å². The number of alkyl halides is 2. The minimum absolute atomic E-state index is 0.122. The molecule has 1 N–H and O–H groups in total. The number of aryl methyl sites for hydroxylation is 1. The van der Waals surface area contributed by atoms with Gasteiger partial charge >= 0.3 is 0 Å².